The first-order chi connectivity index (χ1) is 10.7. The van der Waals surface area contributed by atoms with Crippen molar-refractivity contribution in [3.8, 4) is 0 Å². The van der Waals surface area contributed by atoms with Crippen LogP contribution in [0.1, 0.15) is 12.8 Å². The molecule has 112 valence electrons. The van der Waals surface area contributed by atoms with E-state index in [1.165, 1.54) is 11.3 Å². The van der Waals surface area contributed by atoms with Gasteiger partial charge >= 0.3 is 5.63 Å². The van der Waals surface area contributed by atoms with Crippen LogP contribution >= 0.6 is 11.3 Å². The van der Waals surface area contributed by atoms with Crippen molar-refractivity contribution in [2.24, 2.45) is 0 Å². The van der Waals surface area contributed by atoms with Gasteiger partial charge in [-0.2, -0.15) is 0 Å². The molecule has 1 aromatic carbocycles. The topological polar surface area (TPSA) is 68.5 Å². The van der Waals surface area contributed by atoms with Gasteiger partial charge in [0.05, 0.1) is 0 Å². The summed E-state index contributed by atoms with van der Waals surface area (Å²) in [4.78, 5) is 24.4. The zero-order valence-electron chi connectivity index (χ0n) is 11.6. The Hall–Kier alpha value is -2.18. The number of ether oxygens (including phenoxy) is 1. The molecule has 1 amide bonds. The van der Waals surface area contributed by atoms with Crippen LogP contribution in [0.25, 0.3) is 21.7 Å². The first kappa shape index (κ1) is 13.5. The molecule has 2 aromatic heterocycles. The second-order valence-electron chi connectivity index (χ2n) is 5.23. The molecule has 3 aromatic rings. The second kappa shape index (κ2) is 5.23. The quantitative estimate of drug-likeness (QED) is 0.738. The monoisotopic (exact) mass is 315 g/mol. The Morgan fingerprint density at radius 1 is 1.27 bits per heavy atom. The fraction of sp³-hybridized carbons (Fsp3) is 0.250. The number of hydrogen-bond acceptors (Lipinski definition) is 5. The van der Waals surface area contributed by atoms with Gasteiger partial charge in [0.25, 0.3) is 5.91 Å². The average molecular weight is 315 g/mol. The van der Waals surface area contributed by atoms with Crippen LogP contribution in [0.3, 0.4) is 0 Å². The molecule has 0 saturated carbocycles. The molecule has 1 aliphatic heterocycles. The van der Waals surface area contributed by atoms with Gasteiger partial charge < -0.3 is 14.5 Å². The standard InChI is InChI=1S/C16H13NO4S/c18-14(12-6-3-7-20-12)17-15-13-10(8-22-15)9-4-1-2-5-11(9)21-16(13)19/h1-2,4-5,8,12H,3,6-7H2,(H,17,18)/t12-/m0/s1. The average Bonchev–Trinajstić information content (AvgIpc) is 3.17. The minimum Gasteiger partial charge on any atom is -0.422 e. The Kier molecular flexibility index (Phi) is 3.20. The van der Waals surface area contributed by atoms with Crippen molar-refractivity contribution in [3.05, 3.63) is 40.1 Å². The van der Waals surface area contributed by atoms with Crippen molar-refractivity contribution in [1.82, 2.24) is 0 Å². The van der Waals surface area contributed by atoms with Crippen molar-refractivity contribution in [2.75, 3.05) is 11.9 Å². The van der Waals surface area contributed by atoms with E-state index in [0.29, 0.717) is 29.0 Å². The second-order valence-corrected chi connectivity index (χ2v) is 6.11. The number of carbonyl (C=O) groups is 1. The van der Waals surface area contributed by atoms with Crippen molar-refractivity contribution in [3.63, 3.8) is 0 Å². The Morgan fingerprint density at radius 3 is 2.95 bits per heavy atom. The lowest BCUT2D eigenvalue weighted by Gasteiger charge is -2.09. The van der Waals surface area contributed by atoms with Gasteiger partial charge in [-0.25, -0.2) is 4.79 Å². The zero-order valence-corrected chi connectivity index (χ0v) is 12.4. The third-order valence-corrected chi connectivity index (χ3v) is 4.73. The van der Waals surface area contributed by atoms with Crippen LogP contribution in [-0.2, 0) is 9.53 Å². The molecule has 1 aliphatic rings. The SMILES string of the molecule is O=C(Nc1scc2c1c(=O)oc1ccccc12)[C@@H]1CCCO1. The molecule has 0 unspecified atom stereocenters. The van der Waals surface area contributed by atoms with Crippen LogP contribution in [0.15, 0.2) is 38.9 Å². The van der Waals surface area contributed by atoms with Gasteiger partial charge in [-0.05, 0) is 18.9 Å². The van der Waals surface area contributed by atoms with Gasteiger partial charge in [0, 0.05) is 22.8 Å². The summed E-state index contributed by atoms with van der Waals surface area (Å²) in [6.45, 7) is 0.607. The van der Waals surface area contributed by atoms with Gasteiger partial charge in [0.15, 0.2) is 0 Å². The van der Waals surface area contributed by atoms with E-state index >= 15 is 0 Å². The van der Waals surface area contributed by atoms with E-state index in [9.17, 15) is 9.59 Å². The number of amides is 1. The van der Waals surface area contributed by atoms with Gasteiger partial charge in [-0.1, -0.05) is 18.2 Å². The predicted octanol–water partition coefficient (Wildman–Crippen LogP) is 3.13. The zero-order chi connectivity index (χ0) is 15.1. The number of thiophene rings is 1. The number of fused-ring (bicyclic) bond motifs is 3. The summed E-state index contributed by atoms with van der Waals surface area (Å²) >= 11 is 1.33. The first-order valence-electron chi connectivity index (χ1n) is 7.09. The van der Waals surface area contributed by atoms with E-state index < -0.39 is 11.7 Å². The maximum Gasteiger partial charge on any atom is 0.347 e. The number of anilines is 1. The van der Waals surface area contributed by atoms with Gasteiger partial charge in [0.2, 0.25) is 0 Å². The number of nitrogens with one attached hydrogen (secondary N) is 1. The summed E-state index contributed by atoms with van der Waals surface area (Å²) in [7, 11) is 0. The third-order valence-electron chi connectivity index (χ3n) is 3.83. The highest BCUT2D eigenvalue weighted by Crippen LogP contribution is 2.33. The summed E-state index contributed by atoms with van der Waals surface area (Å²) in [5.41, 5.74) is 0.118. The van der Waals surface area contributed by atoms with E-state index in [4.69, 9.17) is 9.15 Å². The lowest BCUT2D eigenvalue weighted by Crippen LogP contribution is -2.26. The molecular weight excluding hydrogens is 302 g/mol. The highest BCUT2D eigenvalue weighted by molar-refractivity contribution is 7.16. The first-order valence-corrected chi connectivity index (χ1v) is 7.97. The number of rotatable bonds is 2. The maximum absolute atomic E-state index is 12.2. The van der Waals surface area contributed by atoms with E-state index in [1.54, 1.807) is 6.07 Å². The Labute approximate surface area is 129 Å². The fourth-order valence-corrected chi connectivity index (χ4v) is 3.71. The molecule has 0 spiro atoms. The predicted molar refractivity (Wildman–Crippen MR) is 85.5 cm³/mol. The van der Waals surface area contributed by atoms with Crippen molar-refractivity contribution < 1.29 is 13.9 Å². The van der Waals surface area contributed by atoms with Gasteiger partial charge in [-0.3, -0.25) is 4.79 Å². The molecule has 3 heterocycles. The van der Waals surface area contributed by atoms with E-state index in [1.807, 2.05) is 23.6 Å². The fourth-order valence-electron chi connectivity index (χ4n) is 2.76. The largest absolute Gasteiger partial charge is 0.422 e. The minimum atomic E-state index is -0.433. The summed E-state index contributed by atoms with van der Waals surface area (Å²) in [6.07, 6.45) is 1.17. The number of hydrogen-bond donors (Lipinski definition) is 1. The van der Waals surface area contributed by atoms with Crippen molar-refractivity contribution in [1.29, 1.82) is 0 Å². The van der Waals surface area contributed by atoms with Gasteiger partial charge in [0.1, 0.15) is 22.1 Å². The summed E-state index contributed by atoms with van der Waals surface area (Å²) in [5, 5.41) is 7.30. The molecule has 4 rings (SSSR count). The molecule has 0 radical (unpaired) electrons. The lowest BCUT2D eigenvalue weighted by atomic mass is 10.1. The lowest BCUT2D eigenvalue weighted by molar-refractivity contribution is -0.124. The van der Waals surface area contributed by atoms with Gasteiger partial charge in [-0.15, -0.1) is 11.3 Å². The summed E-state index contributed by atoms with van der Waals surface area (Å²) < 4.78 is 10.7. The Balaban J connectivity index is 1.80. The minimum absolute atomic E-state index is 0.200. The number of para-hydroxylation sites is 1. The molecule has 1 atom stereocenters. The molecule has 0 bridgehead atoms. The normalized spacial score (nSPS) is 18.1. The highest BCUT2D eigenvalue weighted by atomic mass is 32.1. The summed E-state index contributed by atoms with van der Waals surface area (Å²) in [6, 6.07) is 7.38. The van der Waals surface area contributed by atoms with E-state index in [-0.39, 0.29) is 5.91 Å². The Morgan fingerprint density at radius 2 is 2.14 bits per heavy atom. The third kappa shape index (κ3) is 2.12. The molecule has 1 fully saturated rings. The maximum atomic E-state index is 12.2. The molecule has 22 heavy (non-hydrogen) atoms. The number of benzene rings is 1. The smallest absolute Gasteiger partial charge is 0.347 e. The van der Waals surface area contributed by atoms with Crippen molar-refractivity contribution in [2.45, 2.75) is 18.9 Å². The van der Waals surface area contributed by atoms with Crippen LogP contribution < -0.4 is 10.9 Å². The van der Waals surface area contributed by atoms with Crippen LogP contribution in [0.2, 0.25) is 0 Å². The molecule has 5 nitrogen and oxygen atoms in total. The molecular formula is C16H13NO4S. The summed E-state index contributed by atoms with van der Waals surface area (Å²) in [5.74, 6) is -0.200. The van der Waals surface area contributed by atoms with Crippen LogP contribution in [-0.4, -0.2) is 18.6 Å². The number of carbonyl (C=O) groups excluding carboxylic acids is 1. The Bertz CT molecular complexity index is 921. The van der Waals surface area contributed by atoms with E-state index in [2.05, 4.69) is 5.32 Å². The van der Waals surface area contributed by atoms with Crippen molar-refractivity contribution >= 4 is 44.0 Å². The molecule has 1 N–H and O–H groups in total. The van der Waals surface area contributed by atoms with Crippen LogP contribution in [0, 0.1) is 0 Å². The molecule has 6 heteroatoms. The van der Waals surface area contributed by atoms with Crippen LogP contribution in [0.4, 0.5) is 5.00 Å². The van der Waals surface area contributed by atoms with E-state index in [0.717, 1.165) is 17.2 Å². The van der Waals surface area contributed by atoms with Crippen LogP contribution in [0.5, 0.6) is 0 Å². The molecule has 1 saturated heterocycles. The molecule has 0 aliphatic carbocycles. The highest BCUT2D eigenvalue weighted by Gasteiger charge is 2.25.